The fourth-order valence-electron chi connectivity index (χ4n) is 2.03. The number of amides is 1. The predicted molar refractivity (Wildman–Crippen MR) is 95.4 cm³/mol. The summed E-state index contributed by atoms with van der Waals surface area (Å²) < 4.78 is 0. The van der Waals surface area contributed by atoms with E-state index in [2.05, 4.69) is 15.3 Å². The summed E-state index contributed by atoms with van der Waals surface area (Å²) in [7, 11) is 0. The number of thioether (sulfide) groups is 1. The van der Waals surface area contributed by atoms with Gasteiger partial charge in [0.2, 0.25) is 5.91 Å². The van der Waals surface area contributed by atoms with Gasteiger partial charge in [0.1, 0.15) is 0 Å². The van der Waals surface area contributed by atoms with Crippen LogP contribution in [0.25, 0.3) is 11.3 Å². The molecule has 2 aromatic rings. The van der Waals surface area contributed by atoms with E-state index in [1.54, 1.807) is 0 Å². The van der Waals surface area contributed by atoms with Gasteiger partial charge in [0, 0.05) is 16.8 Å². The van der Waals surface area contributed by atoms with Gasteiger partial charge in [0.05, 0.1) is 10.9 Å². The van der Waals surface area contributed by atoms with Crippen LogP contribution in [-0.4, -0.2) is 26.7 Å². The molecule has 1 aromatic heterocycles. The Morgan fingerprint density at radius 1 is 1.17 bits per heavy atom. The molecule has 122 valence electrons. The molecule has 1 amide bonds. The normalized spacial score (nSPS) is 12.7. The Balaban J connectivity index is 2.17. The number of carbonyl (C=O) groups is 1. The summed E-state index contributed by atoms with van der Waals surface area (Å²) in [5.74, 6) is -0.00568. The van der Waals surface area contributed by atoms with Crippen LogP contribution in [0, 0.1) is 6.92 Å². The first-order valence-electron chi connectivity index (χ1n) is 7.64. The van der Waals surface area contributed by atoms with Crippen LogP contribution in [0.2, 0.25) is 0 Å². The molecule has 23 heavy (non-hydrogen) atoms. The minimum Gasteiger partial charge on any atom is -0.351 e. The number of hydrogen-bond donors (Lipinski definition) is 1. The molecule has 0 spiro atoms. The topological polar surface area (TPSA) is 54.9 Å². The Bertz CT molecular complexity index is 680. The molecule has 0 aliphatic heterocycles. The Hall–Kier alpha value is -1.88. The maximum absolute atomic E-state index is 12.2. The Labute approximate surface area is 142 Å². The van der Waals surface area contributed by atoms with E-state index in [9.17, 15) is 4.79 Å². The highest BCUT2D eigenvalue weighted by Crippen LogP contribution is 2.24. The number of aromatic nitrogens is 2. The van der Waals surface area contributed by atoms with E-state index in [4.69, 9.17) is 0 Å². The first kappa shape index (κ1) is 17.5. The van der Waals surface area contributed by atoms with Gasteiger partial charge >= 0.3 is 0 Å². The minimum atomic E-state index is -0.250. The maximum Gasteiger partial charge on any atom is 0.233 e. The monoisotopic (exact) mass is 329 g/mol. The number of benzene rings is 1. The van der Waals surface area contributed by atoms with Gasteiger partial charge in [-0.05, 0) is 40.7 Å². The summed E-state index contributed by atoms with van der Waals surface area (Å²) in [4.78, 5) is 21.3. The van der Waals surface area contributed by atoms with Crippen molar-refractivity contribution < 1.29 is 4.79 Å². The highest BCUT2D eigenvalue weighted by Gasteiger charge is 2.21. The molecular formula is C18H23N3OS. The van der Waals surface area contributed by atoms with Crippen LogP contribution in [0.15, 0.2) is 41.6 Å². The number of aryl methyl sites for hydroxylation is 1. The Morgan fingerprint density at radius 3 is 2.43 bits per heavy atom. The molecular weight excluding hydrogens is 306 g/mol. The highest BCUT2D eigenvalue weighted by molar-refractivity contribution is 8.00. The zero-order valence-electron chi connectivity index (χ0n) is 14.3. The summed E-state index contributed by atoms with van der Waals surface area (Å²) in [6, 6.07) is 11.9. The van der Waals surface area contributed by atoms with Crippen LogP contribution >= 0.6 is 11.8 Å². The second-order valence-electron chi connectivity index (χ2n) is 6.54. The lowest BCUT2D eigenvalue weighted by molar-refractivity contribution is -0.121. The molecule has 0 saturated heterocycles. The summed E-state index contributed by atoms with van der Waals surface area (Å²) >= 11 is 1.38. The van der Waals surface area contributed by atoms with Crippen LogP contribution < -0.4 is 5.32 Å². The van der Waals surface area contributed by atoms with Crippen LogP contribution in [0.1, 0.15) is 33.4 Å². The molecule has 2 rings (SSSR count). The molecule has 1 heterocycles. The molecule has 0 radical (unpaired) electrons. The van der Waals surface area contributed by atoms with Gasteiger partial charge in [0.25, 0.3) is 0 Å². The molecule has 1 aromatic carbocycles. The van der Waals surface area contributed by atoms with Gasteiger partial charge in [-0.25, -0.2) is 9.97 Å². The first-order valence-corrected chi connectivity index (χ1v) is 8.52. The molecule has 1 atom stereocenters. The van der Waals surface area contributed by atoms with Crippen molar-refractivity contribution in [3.8, 4) is 11.3 Å². The third kappa shape index (κ3) is 5.36. The van der Waals surface area contributed by atoms with Gasteiger partial charge in [-0.1, -0.05) is 42.1 Å². The van der Waals surface area contributed by atoms with E-state index < -0.39 is 0 Å². The van der Waals surface area contributed by atoms with Crippen molar-refractivity contribution in [3.63, 3.8) is 0 Å². The van der Waals surface area contributed by atoms with Crippen LogP contribution in [0.5, 0.6) is 0 Å². The van der Waals surface area contributed by atoms with E-state index in [1.807, 2.05) is 71.0 Å². The van der Waals surface area contributed by atoms with Gasteiger partial charge in [0.15, 0.2) is 5.16 Å². The Morgan fingerprint density at radius 2 is 1.83 bits per heavy atom. The SMILES string of the molecule is Cc1cc(-c2ccccc2)nc(S[C@@H](C)C(=O)NC(C)(C)C)n1. The minimum absolute atomic E-state index is 0.00568. The van der Waals surface area contributed by atoms with Crippen molar-refractivity contribution in [1.82, 2.24) is 15.3 Å². The predicted octanol–water partition coefficient (Wildman–Crippen LogP) is 3.85. The molecule has 0 saturated carbocycles. The van der Waals surface area contributed by atoms with Gasteiger partial charge in [-0.15, -0.1) is 0 Å². The lowest BCUT2D eigenvalue weighted by Crippen LogP contribution is -2.44. The first-order chi connectivity index (χ1) is 10.7. The van der Waals surface area contributed by atoms with Crippen LogP contribution in [0.3, 0.4) is 0 Å². The molecule has 0 fully saturated rings. The fraction of sp³-hybridized carbons (Fsp3) is 0.389. The van der Waals surface area contributed by atoms with Crippen molar-refractivity contribution in [2.45, 2.75) is 50.6 Å². The summed E-state index contributed by atoms with van der Waals surface area (Å²) in [5, 5.41) is 3.36. The molecule has 0 aliphatic rings. The largest absolute Gasteiger partial charge is 0.351 e. The number of rotatable bonds is 4. The molecule has 5 heteroatoms. The lowest BCUT2D eigenvalue weighted by Gasteiger charge is -2.22. The standard InChI is InChI=1S/C18H23N3OS/c1-12-11-15(14-9-7-6-8-10-14)20-17(19-12)23-13(2)16(22)21-18(3,4)5/h6-11,13H,1-5H3,(H,21,22)/t13-/m0/s1. The van der Waals surface area contributed by atoms with E-state index in [0.717, 1.165) is 17.0 Å². The third-order valence-corrected chi connectivity index (χ3v) is 4.01. The molecule has 0 bridgehead atoms. The molecule has 1 N–H and O–H groups in total. The maximum atomic E-state index is 12.2. The van der Waals surface area contributed by atoms with E-state index in [0.29, 0.717) is 5.16 Å². The average Bonchev–Trinajstić information content (AvgIpc) is 2.45. The summed E-state index contributed by atoms with van der Waals surface area (Å²) in [5.41, 5.74) is 2.58. The van der Waals surface area contributed by atoms with Crippen LogP contribution in [-0.2, 0) is 4.79 Å². The van der Waals surface area contributed by atoms with E-state index in [1.165, 1.54) is 11.8 Å². The Kier molecular flexibility index (Phi) is 5.42. The molecule has 4 nitrogen and oxygen atoms in total. The lowest BCUT2D eigenvalue weighted by atomic mass is 10.1. The van der Waals surface area contributed by atoms with Gasteiger partial charge in [-0.3, -0.25) is 4.79 Å². The quantitative estimate of drug-likeness (QED) is 0.684. The number of nitrogens with one attached hydrogen (secondary N) is 1. The number of hydrogen-bond acceptors (Lipinski definition) is 4. The van der Waals surface area contributed by atoms with Crippen molar-refractivity contribution in [2.75, 3.05) is 0 Å². The van der Waals surface area contributed by atoms with Crippen molar-refractivity contribution >= 4 is 17.7 Å². The fourth-order valence-corrected chi connectivity index (χ4v) is 2.86. The summed E-state index contributed by atoms with van der Waals surface area (Å²) in [6.07, 6.45) is 0. The third-order valence-electron chi connectivity index (χ3n) is 3.05. The van der Waals surface area contributed by atoms with E-state index >= 15 is 0 Å². The van der Waals surface area contributed by atoms with Crippen molar-refractivity contribution in [1.29, 1.82) is 0 Å². The van der Waals surface area contributed by atoms with E-state index in [-0.39, 0.29) is 16.7 Å². The van der Waals surface area contributed by atoms with Gasteiger partial charge < -0.3 is 5.32 Å². The zero-order chi connectivity index (χ0) is 17.0. The molecule has 0 aliphatic carbocycles. The molecule has 0 unspecified atom stereocenters. The van der Waals surface area contributed by atoms with Crippen LogP contribution in [0.4, 0.5) is 0 Å². The summed E-state index contributed by atoms with van der Waals surface area (Å²) in [6.45, 7) is 9.73. The van der Waals surface area contributed by atoms with Crippen molar-refractivity contribution in [2.24, 2.45) is 0 Å². The zero-order valence-corrected chi connectivity index (χ0v) is 15.1. The number of carbonyl (C=O) groups excluding carboxylic acids is 1. The average molecular weight is 329 g/mol. The smallest absolute Gasteiger partial charge is 0.233 e. The van der Waals surface area contributed by atoms with Crippen molar-refractivity contribution in [3.05, 3.63) is 42.1 Å². The second kappa shape index (κ2) is 7.13. The van der Waals surface area contributed by atoms with Gasteiger partial charge in [-0.2, -0.15) is 0 Å². The second-order valence-corrected chi connectivity index (χ2v) is 7.85. The highest BCUT2D eigenvalue weighted by atomic mass is 32.2. The number of nitrogens with zero attached hydrogens (tertiary/aromatic N) is 2.